The molecule has 30 heavy (non-hydrogen) atoms. The number of hydrogen-bond donors (Lipinski definition) is 2. The molecule has 0 fully saturated rings. The Kier molecular flexibility index (Phi) is 8.22. The maximum atomic E-state index is 12.7. The molecule has 1 atom stereocenters. The SMILES string of the molecule is CCCOc1ccc(C(CC(=O)O)NC(=O)c2cccc(C(=O)OC)c2)cc1OC. The number of amides is 1. The van der Waals surface area contributed by atoms with Crippen molar-refractivity contribution in [3.05, 3.63) is 59.2 Å². The van der Waals surface area contributed by atoms with E-state index in [0.29, 0.717) is 23.7 Å². The summed E-state index contributed by atoms with van der Waals surface area (Å²) in [5.74, 6) is -1.18. The molecule has 1 amide bonds. The van der Waals surface area contributed by atoms with Gasteiger partial charge in [0.05, 0.1) is 38.9 Å². The summed E-state index contributed by atoms with van der Waals surface area (Å²) in [6.07, 6.45) is 0.494. The summed E-state index contributed by atoms with van der Waals surface area (Å²) in [5.41, 5.74) is 0.984. The summed E-state index contributed by atoms with van der Waals surface area (Å²) in [5, 5.41) is 12.0. The highest BCUT2D eigenvalue weighted by Gasteiger charge is 2.21. The lowest BCUT2D eigenvalue weighted by Crippen LogP contribution is -2.30. The van der Waals surface area contributed by atoms with Gasteiger partial charge in [0.15, 0.2) is 11.5 Å². The number of methoxy groups -OCH3 is 2. The van der Waals surface area contributed by atoms with Crippen molar-refractivity contribution < 1.29 is 33.7 Å². The molecule has 8 nitrogen and oxygen atoms in total. The molecule has 1 unspecified atom stereocenters. The molecule has 0 radical (unpaired) electrons. The quantitative estimate of drug-likeness (QED) is 0.573. The van der Waals surface area contributed by atoms with E-state index in [2.05, 4.69) is 10.1 Å². The Bertz CT molecular complexity index is 910. The second kappa shape index (κ2) is 10.8. The number of carbonyl (C=O) groups is 3. The van der Waals surface area contributed by atoms with Crippen LogP contribution in [0, 0.1) is 0 Å². The molecule has 2 rings (SSSR count). The van der Waals surface area contributed by atoms with Crippen molar-refractivity contribution in [2.75, 3.05) is 20.8 Å². The van der Waals surface area contributed by atoms with Gasteiger partial charge in [-0.05, 0) is 42.3 Å². The number of rotatable bonds is 10. The van der Waals surface area contributed by atoms with Gasteiger partial charge in [0, 0.05) is 5.56 Å². The van der Waals surface area contributed by atoms with Crippen LogP contribution in [0.15, 0.2) is 42.5 Å². The minimum atomic E-state index is -1.08. The fraction of sp³-hybridized carbons (Fsp3) is 0.318. The van der Waals surface area contributed by atoms with Gasteiger partial charge in [-0.15, -0.1) is 0 Å². The molecular weight excluding hydrogens is 390 g/mol. The molecule has 2 N–H and O–H groups in total. The number of ether oxygens (including phenoxy) is 3. The Balaban J connectivity index is 2.29. The van der Waals surface area contributed by atoms with Crippen LogP contribution >= 0.6 is 0 Å². The lowest BCUT2D eigenvalue weighted by Gasteiger charge is -2.19. The van der Waals surface area contributed by atoms with Gasteiger partial charge in [-0.2, -0.15) is 0 Å². The lowest BCUT2D eigenvalue weighted by molar-refractivity contribution is -0.137. The second-order valence-corrected chi connectivity index (χ2v) is 6.46. The number of nitrogens with one attached hydrogen (secondary N) is 1. The summed E-state index contributed by atoms with van der Waals surface area (Å²) >= 11 is 0. The molecule has 0 aliphatic carbocycles. The van der Waals surface area contributed by atoms with E-state index in [-0.39, 0.29) is 17.5 Å². The standard InChI is InChI=1S/C22H25NO7/c1-4-10-30-18-9-8-14(12-19(18)28-2)17(13-20(24)25)23-21(26)15-6-5-7-16(11-15)22(27)29-3/h5-9,11-12,17H,4,10,13H2,1-3H3,(H,23,26)(H,24,25). The van der Waals surface area contributed by atoms with Crippen LogP contribution in [0.2, 0.25) is 0 Å². The van der Waals surface area contributed by atoms with Gasteiger partial charge in [-0.25, -0.2) is 4.79 Å². The van der Waals surface area contributed by atoms with Crippen LogP contribution in [0.3, 0.4) is 0 Å². The zero-order valence-electron chi connectivity index (χ0n) is 17.1. The monoisotopic (exact) mass is 415 g/mol. The van der Waals surface area contributed by atoms with E-state index in [0.717, 1.165) is 6.42 Å². The van der Waals surface area contributed by atoms with Crippen molar-refractivity contribution in [2.45, 2.75) is 25.8 Å². The van der Waals surface area contributed by atoms with Crippen molar-refractivity contribution in [3.8, 4) is 11.5 Å². The summed E-state index contributed by atoms with van der Waals surface area (Å²) < 4.78 is 15.6. The highest BCUT2D eigenvalue weighted by atomic mass is 16.5. The Morgan fingerprint density at radius 2 is 1.77 bits per heavy atom. The fourth-order valence-corrected chi connectivity index (χ4v) is 2.81. The van der Waals surface area contributed by atoms with Crippen molar-refractivity contribution in [3.63, 3.8) is 0 Å². The normalized spacial score (nSPS) is 11.3. The molecule has 160 valence electrons. The highest BCUT2D eigenvalue weighted by molar-refractivity contribution is 5.98. The number of carbonyl (C=O) groups excluding carboxylic acids is 2. The molecule has 0 saturated heterocycles. The largest absolute Gasteiger partial charge is 0.493 e. The smallest absolute Gasteiger partial charge is 0.337 e. The van der Waals surface area contributed by atoms with Crippen molar-refractivity contribution in [1.82, 2.24) is 5.32 Å². The first kappa shape index (κ1) is 22.7. The van der Waals surface area contributed by atoms with Gasteiger partial charge in [0.25, 0.3) is 5.91 Å². The van der Waals surface area contributed by atoms with Gasteiger partial charge >= 0.3 is 11.9 Å². The molecule has 0 spiro atoms. The first-order valence-electron chi connectivity index (χ1n) is 9.41. The first-order valence-corrected chi connectivity index (χ1v) is 9.41. The Labute approximate surface area is 174 Å². The minimum Gasteiger partial charge on any atom is -0.493 e. The third-order valence-electron chi connectivity index (χ3n) is 4.28. The van der Waals surface area contributed by atoms with Gasteiger partial charge in [0.2, 0.25) is 0 Å². The van der Waals surface area contributed by atoms with E-state index in [1.54, 1.807) is 24.3 Å². The molecule has 0 aliphatic rings. The molecular formula is C22H25NO7. The molecule has 8 heteroatoms. The predicted octanol–water partition coefficient (Wildman–Crippen LogP) is 3.22. The third kappa shape index (κ3) is 5.97. The Hall–Kier alpha value is -3.55. The van der Waals surface area contributed by atoms with E-state index >= 15 is 0 Å². The van der Waals surface area contributed by atoms with Crippen LogP contribution < -0.4 is 14.8 Å². The first-order chi connectivity index (χ1) is 14.4. The maximum absolute atomic E-state index is 12.7. The minimum absolute atomic E-state index is 0.211. The third-order valence-corrected chi connectivity index (χ3v) is 4.28. The van der Waals surface area contributed by atoms with E-state index in [1.807, 2.05) is 6.92 Å². The van der Waals surface area contributed by atoms with Crippen LogP contribution in [-0.4, -0.2) is 43.8 Å². The summed E-state index contributed by atoms with van der Waals surface area (Å²) in [4.78, 5) is 35.8. The zero-order chi connectivity index (χ0) is 22.1. The van der Waals surface area contributed by atoms with Gasteiger partial charge in [-0.3, -0.25) is 9.59 Å². The van der Waals surface area contributed by atoms with Crippen LogP contribution in [0.1, 0.15) is 52.1 Å². The Morgan fingerprint density at radius 3 is 2.40 bits per heavy atom. The molecule has 0 aromatic heterocycles. The van der Waals surface area contributed by atoms with Crippen molar-refractivity contribution >= 4 is 17.8 Å². The van der Waals surface area contributed by atoms with Crippen LogP contribution in [0.5, 0.6) is 11.5 Å². The number of benzene rings is 2. The molecule has 0 heterocycles. The molecule has 2 aromatic rings. The summed E-state index contributed by atoms with van der Waals surface area (Å²) in [7, 11) is 2.74. The fourth-order valence-electron chi connectivity index (χ4n) is 2.81. The number of aliphatic carboxylic acids is 1. The summed E-state index contributed by atoms with van der Waals surface area (Å²) in [6, 6.07) is 10.2. The number of carboxylic acids is 1. The highest BCUT2D eigenvalue weighted by Crippen LogP contribution is 2.31. The predicted molar refractivity (Wildman–Crippen MR) is 109 cm³/mol. The molecule has 0 saturated carbocycles. The van der Waals surface area contributed by atoms with Crippen LogP contribution in [-0.2, 0) is 9.53 Å². The van der Waals surface area contributed by atoms with Gasteiger partial charge < -0.3 is 24.6 Å². The number of carboxylic acid groups (broad SMARTS) is 1. The van der Waals surface area contributed by atoms with Crippen molar-refractivity contribution in [2.24, 2.45) is 0 Å². The maximum Gasteiger partial charge on any atom is 0.337 e. The van der Waals surface area contributed by atoms with Crippen LogP contribution in [0.25, 0.3) is 0 Å². The average molecular weight is 415 g/mol. The number of hydrogen-bond acceptors (Lipinski definition) is 6. The van der Waals surface area contributed by atoms with Crippen LogP contribution in [0.4, 0.5) is 0 Å². The summed E-state index contributed by atoms with van der Waals surface area (Å²) in [6.45, 7) is 2.50. The van der Waals surface area contributed by atoms with E-state index in [9.17, 15) is 19.5 Å². The lowest BCUT2D eigenvalue weighted by atomic mass is 10.0. The second-order valence-electron chi connectivity index (χ2n) is 6.46. The topological polar surface area (TPSA) is 111 Å². The van der Waals surface area contributed by atoms with E-state index in [4.69, 9.17) is 9.47 Å². The Morgan fingerprint density at radius 1 is 1.03 bits per heavy atom. The van der Waals surface area contributed by atoms with E-state index < -0.39 is 23.9 Å². The number of esters is 1. The zero-order valence-corrected chi connectivity index (χ0v) is 17.1. The van der Waals surface area contributed by atoms with Crippen molar-refractivity contribution in [1.29, 1.82) is 0 Å². The van der Waals surface area contributed by atoms with Gasteiger partial charge in [-0.1, -0.05) is 19.1 Å². The molecule has 2 aromatic carbocycles. The van der Waals surface area contributed by atoms with Gasteiger partial charge in [0.1, 0.15) is 0 Å². The molecule has 0 bridgehead atoms. The van der Waals surface area contributed by atoms with E-state index in [1.165, 1.54) is 32.4 Å². The molecule has 0 aliphatic heterocycles. The average Bonchev–Trinajstić information content (AvgIpc) is 2.76.